The molecule has 1 fully saturated rings. The fourth-order valence-corrected chi connectivity index (χ4v) is 2.64. The first kappa shape index (κ1) is 15.0. The van der Waals surface area contributed by atoms with Crippen LogP contribution in [0.3, 0.4) is 0 Å². The van der Waals surface area contributed by atoms with Crippen molar-refractivity contribution in [3.8, 4) is 0 Å². The number of nitrogens with one attached hydrogen (secondary N) is 1. The summed E-state index contributed by atoms with van der Waals surface area (Å²) in [6.45, 7) is 6.50. The van der Waals surface area contributed by atoms with Gasteiger partial charge in [-0.3, -0.25) is 9.69 Å². The maximum Gasteiger partial charge on any atom is 0.226 e. The zero-order valence-electron chi connectivity index (χ0n) is 12.3. The van der Waals surface area contributed by atoms with Crippen LogP contribution in [-0.4, -0.2) is 41.6 Å². The van der Waals surface area contributed by atoms with Crippen molar-refractivity contribution in [2.24, 2.45) is 11.7 Å². The van der Waals surface area contributed by atoms with Gasteiger partial charge in [-0.05, 0) is 39.2 Å². The van der Waals surface area contributed by atoms with Gasteiger partial charge in [-0.1, -0.05) is 5.16 Å². The van der Waals surface area contributed by atoms with E-state index in [2.05, 4.69) is 22.3 Å². The van der Waals surface area contributed by atoms with Crippen LogP contribution in [-0.2, 0) is 4.79 Å². The van der Waals surface area contributed by atoms with Crippen molar-refractivity contribution in [2.75, 3.05) is 25.0 Å². The van der Waals surface area contributed by atoms with Crippen LogP contribution in [0.4, 0.5) is 5.82 Å². The van der Waals surface area contributed by atoms with E-state index < -0.39 is 0 Å². The lowest BCUT2D eigenvalue weighted by atomic mass is 9.93. The SMILES string of the molecule is Cc1cc(NC(=O)CCN2CC(CN)CCC2C)no1. The topological polar surface area (TPSA) is 84.4 Å². The number of aryl methyl sites for hydroxylation is 1. The molecule has 20 heavy (non-hydrogen) atoms. The Balaban J connectivity index is 1.77. The lowest BCUT2D eigenvalue weighted by molar-refractivity contribution is -0.116. The maximum absolute atomic E-state index is 11.9. The molecule has 2 heterocycles. The predicted molar refractivity (Wildman–Crippen MR) is 77.3 cm³/mol. The van der Waals surface area contributed by atoms with Crippen molar-refractivity contribution in [3.63, 3.8) is 0 Å². The standard InChI is InChI=1S/C14H24N4O2/c1-10-3-4-12(8-15)9-18(10)6-5-14(19)16-13-7-11(2)20-17-13/h7,10,12H,3-6,8-9,15H2,1-2H3,(H,16,17,19). The van der Waals surface area contributed by atoms with E-state index in [1.807, 2.05) is 0 Å². The van der Waals surface area contributed by atoms with Crippen LogP contribution in [0, 0.1) is 12.8 Å². The summed E-state index contributed by atoms with van der Waals surface area (Å²) in [5, 5.41) is 6.50. The number of hydrogen-bond donors (Lipinski definition) is 2. The van der Waals surface area contributed by atoms with E-state index in [1.54, 1.807) is 13.0 Å². The number of carbonyl (C=O) groups is 1. The molecular weight excluding hydrogens is 256 g/mol. The number of nitrogens with two attached hydrogens (primary N) is 1. The lowest BCUT2D eigenvalue weighted by Gasteiger charge is -2.37. The molecule has 1 aliphatic rings. The molecule has 3 N–H and O–H groups in total. The normalized spacial score (nSPS) is 23.8. The van der Waals surface area contributed by atoms with Gasteiger partial charge in [0.05, 0.1) is 0 Å². The number of aromatic nitrogens is 1. The van der Waals surface area contributed by atoms with Crippen LogP contribution < -0.4 is 11.1 Å². The highest BCUT2D eigenvalue weighted by atomic mass is 16.5. The van der Waals surface area contributed by atoms with Gasteiger partial charge in [-0.15, -0.1) is 0 Å². The Labute approximate surface area is 119 Å². The van der Waals surface area contributed by atoms with E-state index in [1.165, 1.54) is 6.42 Å². The lowest BCUT2D eigenvalue weighted by Crippen LogP contribution is -2.44. The van der Waals surface area contributed by atoms with Crippen molar-refractivity contribution < 1.29 is 9.32 Å². The molecule has 1 aromatic rings. The Bertz CT molecular complexity index is 446. The van der Waals surface area contributed by atoms with Crippen LogP contribution in [0.1, 0.15) is 31.9 Å². The summed E-state index contributed by atoms with van der Waals surface area (Å²) in [7, 11) is 0. The molecule has 1 amide bonds. The summed E-state index contributed by atoms with van der Waals surface area (Å²) >= 11 is 0. The number of piperidine rings is 1. The summed E-state index contributed by atoms with van der Waals surface area (Å²) in [6.07, 6.45) is 2.82. The molecule has 6 heteroatoms. The predicted octanol–water partition coefficient (Wildman–Crippen LogP) is 1.37. The van der Waals surface area contributed by atoms with Gasteiger partial charge in [0.2, 0.25) is 5.91 Å². The van der Waals surface area contributed by atoms with Crippen molar-refractivity contribution in [1.29, 1.82) is 0 Å². The zero-order chi connectivity index (χ0) is 14.5. The Kier molecular flexibility index (Phi) is 5.14. The quantitative estimate of drug-likeness (QED) is 0.851. The van der Waals surface area contributed by atoms with E-state index >= 15 is 0 Å². The Morgan fingerprint density at radius 2 is 2.40 bits per heavy atom. The molecular formula is C14H24N4O2. The molecule has 6 nitrogen and oxygen atoms in total. The van der Waals surface area contributed by atoms with E-state index in [0.717, 1.165) is 26.1 Å². The molecule has 0 spiro atoms. The number of amides is 1. The van der Waals surface area contributed by atoms with Crippen molar-refractivity contribution >= 4 is 11.7 Å². The second-order valence-corrected chi connectivity index (χ2v) is 5.64. The zero-order valence-corrected chi connectivity index (χ0v) is 12.3. The van der Waals surface area contributed by atoms with Crippen LogP contribution in [0.5, 0.6) is 0 Å². The Morgan fingerprint density at radius 3 is 3.05 bits per heavy atom. The minimum Gasteiger partial charge on any atom is -0.360 e. The fourth-order valence-electron chi connectivity index (χ4n) is 2.64. The highest BCUT2D eigenvalue weighted by Crippen LogP contribution is 2.21. The molecule has 1 saturated heterocycles. The third-order valence-corrected chi connectivity index (χ3v) is 3.96. The highest BCUT2D eigenvalue weighted by molar-refractivity contribution is 5.89. The molecule has 112 valence electrons. The number of carbonyl (C=O) groups excluding carboxylic acids is 1. The Morgan fingerprint density at radius 1 is 1.60 bits per heavy atom. The first-order chi connectivity index (χ1) is 9.58. The molecule has 2 atom stereocenters. The molecule has 0 bridgehead atoms. The largest absolute Gasteiger partial charge is 0.360 e. The van der Waals surface area contributed by atoms with Gasteiger partial charge < -0.3 is 15.6 Å². The van der Waals surface area contributed by atoms with Gasteiger partial charge >= 0.3 is 0 Å². The number of rotatable bonds is 5. The van der Waals surface area contributed by atoms with Crippen LogP contribution in [0.25, 0.3) is 0 Å². The van der Waals surface area contributed by atoms with Gasteiger partial charge in [0.1, 0.15) is 5.76 Å². The van der Waals surface area contributed by atoms with Gasteiger partial charge in [-0.25, -0.2) is 0 Å². The molecule has 0 aromatic carbocycles. The van der Waals surface area contributed by atoms with Crippen molar-refractivity contribution in [3.05, 3.63) is 11.8 Å². The molecule has 1 aromatic heterocycles. The second-order valence-electron chi connectivity index (χ2n) is 5.64. The third kappa shape index (κ3) is 4.05. The van der Waals surface area contributed by atoms with Gasteiger partial charge in [0.15, 0.2) is 5.82 Å². The molecule has 1 aliphatic heterocycles. The number of nitrogens with zero attached hydrogens (tertiary/aromatic N) is 2. The smallest absolute Gasteiger partial charge is 0.226 e. The summed E-state index contributed by atoms with van der Waals surface area (Å²) in [5.74, 6) is 1.71. The van der Waals surface area contributed by atoms with Crippen LogP contribution in [0.15, 0.2) is 10.6 Å². The maximum atomic E-state index is 11.9. The van der Waals surface area contributed by atoms with Gasteiger partial charge in [0, 0.05) is 31.6 Å². The van der Waals surface area contributed by atoms with Gasteiger partial charge in [0.25, 0.3) is 0 Å². The summed E-state index contributed by atoms with van der Waals surface area (Å²) in [4.78, 5) is 14.2. The molecule has 2 unspecified atom stereocenters. The number of likely N-dealkylation sites (tertiary alicyclic amines) is 1. The van der Waals surface area contributed by atoms with Crippen LogP contribution in [0.2, 0.25) is 0 Å². The van der Waals surface area contributed by atoms with Crippen molar-refractivity contribution in [1.82, 2.24) is 10.1 Å². The number of hydrogen-bond acceptors (Lipinski definition) is 5. The van der Waals surface area contributed by atoms with E-state index in [4.69, 9.17) is 10.3 Å². The summed E-state index contributed by atoms with van der Waals surface area (Å²) in [6, 6.07) is 2.24. The van der Waals surface area contributed by atoms with E-state index in [9.17, 15) is 4.79 Å². The Hall–Kier alpha value is -1.40. The summed E-state index contributed by atoms with van der Waals surface area (Å²) < 4.78 is 4.92. The molecule has 0 radical (unpaired) electrons. The third-order valence-electron chi connectivity index (χ3n) is 3.96. The highest BCUT2D eigenvalue weighted by Gasteiger charge is 2.24. The first-order valence-electron chi connectivity index (χ1n) is 7.25. The fraction of sp³-hybridized carbons (Fsp3) is 0.714. The first-order valence-corrected chi connectivity index (χ1v) is 7.25. The average Bonchev–Trinajstić information content (AvgIpc) is 2.83. The van der Waals surface area contributed by atoms with Crippen molar-refractivity contribution in [2.45, 2.75) is 39.2 Å². The average molecular weight is 280 g/mol. The van der Waals surface area contributed by atoms with E-state index in [0.29, 0.717) is 30.0 Å². The minimum absolute atomic E-state index is 0.0274. The number of anilines is 1. The van der Waals surface area contributed by atoms with Crippen LogP contribution >= 0.6 is 0 Å². The molecule has 0 aliphatic carbocycles. The monoisotopic (exact) mass is 280 g/mol. The van der Waals surface area contributed by atoms with E-state index in [-0.39, 0.29) is 5.91 Å². The van der Waals surface area contributed by atoms with Gasteiger partial charge in [-0.2, -0.15) is 0 Å². The summed E-state index contributed by atoms with van der Waals surface area (Å²) in [5.41, 5.74) is 5.75. The molecule has 2 rings (SSSR count). The minimum atomic E-state index is -0.0274. The second kappa shape index (κ2) is 6.85. The molecule has 0 saturated carbocycles.